The molecule has 2 unspecified atom stereocenters. The van der Waals surface area contributed by atoms with Crippen LogP contribution < -0.4 is 20.3 Å². The summed E-state index contributed by atoms with van der Waals surface area (Å²) in [7, 11) is 1.59. The normalized spacial score (nSPS) is 11.7. The fraction of sp³-hybridized carbons (Fsp3) is 0.321. The largest absolute Gasteiger partial charge is 0.493 e. The van der Waals surface area contributed by atoms with Gasteiger partial charge in [-0.3, -0.25) is 10.0 Å². The average molecular weight is 585 g/mol. The molecule has 2 aromatic carbocycles. The molecule has 14 nitrogen and oxygen atoms in total. The monoisotopic (exact) mass is 584 g/mol. The first kappa shape index (κ1) is 33.2. The van der Waals surface area contributed by atoms with Gasteiger partial charge < -0.3 is 35.2 Å². The maximum atomic E-state index is 11.0. The molecule has 0 bridgehead atoms. The molecule has 3 aromatic rings. The SMILES string of the molecule is C#Cc1cccc(Nc2ncnc3cc(OC)c(OCCCCCCC(=O)NO)cc23)c1.O=C(O)C(O)C(O)C(=O)O. The van der Waals surface area contributed by atoms with E-state index in [0.717, 1.165) is 47.8 Å². The van der Waals surface area contributed by atoms with Crippen LogP contribution in [0.1, 0.15) is 37.7 Å². The number of methoxy groups -OCH3 is 1. The van der Waals surface area contributed by atoms with E-state index in [4.69, 9.17) is 41.5 Å². The quantitative estimate of drug-likeness (QED) is 0.0625. The highest BCUT2D eigenvalue weighted by atomic mass is 16.5. The number of ether oxygens (including phenoxy) is 2. The molecule has 7 N–H and O–H groups in total. The van der Waals surface area contributed by atoms with Crippen molar-refractivity contribution >= 4 is 40.3 Å². The molecule has 3 rings (SSSR count). The number of carboxylic acid groups (broad SMARTS) is 2. The van der Waals surface area contributed by atoms with Gasteiger partial charge >= 0.3 is 11.9 Å². The number of aromatic nitrogens is 2. The average Bonchev–Trinajstić information content (AvgIpc) is 2.99. The summed E-state index contributed by atoms with van der Waals surface area (Å²) < 4.78 is 11.5. The highest BCUT2D eigenvalue weighted by Gasteiger charge is 2.29. The smallest absolute Gasteiger partial charge is 0.335 e. The first-order valence-electron chi connectivity index (χ1n) is 12.6. The standard InChI is InChI=1S/C24H26N4O4.C4H6O6/c1-3-17-9-8-10-18(13-17)27-24-19-14-22(21(31-2)15-20(19)25-16-26-24)32-12-7-5-4-6-11-23(29)28-30;5-1(3(7)8)2(6)4(9)10/h1,8-10,13-16,30H,4-7,11-12H2,2H3,(H,28,29)(H,25,26,27);1-2,5-6H,(H,7,8)(H,9,10). The molecular formula is C28H32N4O10. The molecule has 1 amide bonds. The van der Waals surface area contributed by atoms with Gasteiger partial charge in [-0.05, 0) is 37.1 Å². The molecule has 0 fully saturated rings. The van der Waals surface area contributed by atoms with Crippen molar-refractivity contribution < 1.29 is 49.5 Å². The number of hydroxylamine groups is 1. The highest BCUT2D eigenvalue weighted by molar-refractivity contribution is 5.93. The minimum absolute atomic E-state index is 0.315. The molecule has 1 aromatic heterocycles. The number of rotatable bonds is 14. The molecule has 0 aliphatic heterocycles. The Kier molecular flexibility index (Phi) is 13.4. The summed E-state index contributed by atoms with van der Waals surface area (Å²) in [5, 5.41) is 45.1. The number of unbranched alkanes of at least 4 members (excludes halogenated alkanes) is 3. The Morgan fingerprint density at radius 1 is 0.976 bits per heavy atom. The maximum absolute atomic E-state index is 11.0. The summed E-state index contributed by atoms with van der Waals surface area (Å²) in [6, 6.07) is 11.2. The second-order valence-corrected chi connectivity index (χ2v) is 8.71. The van der Waals surface area contributed by atoms with Gasteiger partial charge in [0.1, 0.15) is 12.1 Å². The fourth-order valence-corrected chi connectivity index (χ4v) is 3.51. The van der Waals surface area contributed by atoms with Crippen molar-refractivity contribution in [2.75, 3.05) is 19.0 Å². The van der Waals surface area contributed by atoms with Gasteiger partial charge in [0.05, 0.1) is 19.2 Å². The number of benzene rings is 2. The number of hydrogen-bond donors (Lipinski definition) is 7. The van der Waals surface area contributed by atoms with E-state index in [1.165, 1.54) is 6.33 Å². The fourth-order valence-electron chi connectivity index (χ4n) is 3.51. The second-order valence-electron chi connectivity index (χ2n) is 8.71. The first-order valence-corrected chi connectivity index (χ1v) is 12.6. The van der Waals surface area contributed by atoms with E-state index in [1.54, 1.807) is 12.6 Å². The predicted molar refractivity (Wildman–Crippen MR) is 150 cm³/mol. The van der Waals surface area contributed by atoms with Gasteiger partial charge in [0.2, 0.25) is 5.91 Å². The van der Waals surface area contributed by atoms with Crippen LogP contribution in [0.25, 0.3) is 10.9 Å². The lowest BCUT2D eigenvalue weighted by atomic mass is 10.1. The maximum Gasteiger partial charge on any atom is 0.335 e. The number of carbonyl (C=O) groups excluding carboxylic acids is 1. The molecule has 0 aliphatic rings. The Morgan fingerprint density at radius 3 is 2.29 bits per heavy atom. The van der Waals surface area contributed by atoms with Gasteiger partial charge in [-0.1, -0.05) is 24.8 Å². The highest BCUT2D eigenvalue weighted by Crippen LogP contribution is 2.35. The van der Waals surface area contributed by atoms with Crippen molar-refractivity contribution in [3.63, 3.8) is 0 Å². The third-order valence-corrected chi connectivity index (χ3v) is 5.70. The Bertz CT molecular complexity index is 1390. The lowest BCUT2D eigenvalue weighted by Crippen LogP contribution is -2.39. The summed E-state index contributed by atoms with van der Waals surface area (Å²) in [5.74, 6) is 0.563. The van der Waals surface area contributed by atoms with Crippen molar-refractivity contribution in [2.24, 2.45) is 0 Å². The van der Waals surface area contributed by atoms with E-state index in [-0.39, 0.29) is 5.91 Å². The number of carbonyl (C=O) groups is 3. The number of fused-ring (bicyclic) bond motifs is 1. The van der Waals surface area contributed by atoms with Crippen LogP contribution in [-0.2, 0) is 14.4 Å². The van der Waals surface area contributed by atoms with Gasteiger partial charge in [0.15, 0.2) is 23.7 Å². The summed E-state index contributed by atoms with van der Waals surface area (Å²) in [6.45, 7) is 0.509. The number of nitrogens with one attached hydrogen (secondary N) is 2. The van der Waals surface area contributed by atoms with E-state index in [2.05, 4.69) is 21.2 Å². The number of nitrogens with zero attached hydrogens (tertiary/aromatic N) is 2. The lowest BCUT2D eigenvalue weighted by Gasteiger charge is -2.14. The van der Waals surface area contributed by atoms with Crippen molar-refractivity contribution in [3.8, 4) is 23.8 Å². The molecule has 0 aliphatic carbocycles. The molecule has 224 valence electrons. The van der Waals surface area contributed by atoms with E-state index < -0.39 is 24.1 Å². The number of aliphatic hydroxyl groups is 2. The molecule has 2 atom stereocenters. The van der Waals surface area contributed by atoms with Gasteiger partial charge in [-0.15, -0.1) is 6.42 Å². The summed E-state index contributed by atoms with van der Waals surface area (Å²) >= 11 is 0. The number of amides is 1. The summed E-state index contributed by atoms with van der Waals surface area (Å²) in [5.41, 5.74) is 3.97. The number of aliphatic hydroxyl groups excluding tert-OH is 2. The van der Waals surface area contributed by atoms with Crippen LogP contribution in [0.5, 0.6) is 11.5 Å². The van der Waals surface area contributed by atoms with Gasteiger partial charge in [0, 0.05) is 29.1 Å². The molecule has 0 saturated heterocycles. The van der Waals surface area contributed by atoms with Crippen LogP contribution in [0, 0.1) is 12.3 Å². The zero-order valence-corrected chi connectivity index (χ0v) is 22.7. The van der Waals surface area contributed by atoms with Crippen LogP contribution >= 0.6 is 0 Å². The van der Waals surface area contributed by atoms with Gasteiger partial charge in [0.25, 0.3) is 0 Å². The Labute approximate surface area is 240 Å². The van der Waals surface area contributed by atoms with Gasteiger partial charge in [-0.25, -0.2) is 25.0 Å². The number of hydrogen-bond acceptors (Lipinski definition) is 11. The molecule has 14 heteroatoms. The molecule has 1 heterocycles. The number of anilines is 2. The number of terminal acetylenes is 1. The molecular weight excluding hydrogens is 552 g/mol. The Morgan fingerprint density at radius 2 is 1.67 bits per heavy atom. The van der Waals surface area contributed by atoms with Crippen LogP contribution in [0.3, 0.4) is 0 Å². The van der Waals surface area contributed by atoms with E-state index >= 15 is 0 Å². The Hall–Kier alpha value is -4.97. The third-order valence-electron chi connectivity index (χ3n) is 5.70. The second kappa shape index (κ2) is 17.0. The van der Waals surface area contributed by atoms with Crippen molar-refractivity contribution in [1.82, 2.24) is 15.4 Å². The van der Waals surface area contributed by atoms with Crippen LogP contribution in [0.2, 0.25) is 0 Å². The van der Waals surface area contributed by atoms with Crippen molar-refractivity contribution in [1.29, 1.82) is 0 Å². The van der Waals surface area contributed by atoms with Crippen LogP contribution in [0.15, 0.2) is 42.7 Å². The minimum Gasteiger partial charge on any atom is -0.493 e. The van der Waals surface area contributed by atoms with E-state index in [1.807, 2.05) is 36.4 Å². The van der Waals surface area contributed by atoms with Crippen molar-refractivity contribution in [3.05, 3.63) is 48.3 Å². The molecule has 42 heavy (non-hydrogen) atoms. The first-order chi connectivity index (χ1) is 20.1. The molecule has 0 radical (unpaired) electrons. The lowest BCUT2D eigenvalue weighted by molar-refractivity contribution is -0.165. The Balaban J connectivity index is 0.000000528. The van der Waals surface area contributed by atoms with Crippen LogP contribution in [0.4, 0.5) is 11.5 Å². The zero-order chi connectivity index (χ0) is 31.1. The topological polar surface area (TPSA) is 221 Å². The zero-order valence-electron chi connectivity index (χ0n) is 22.7. The third kappa shape index (κ3) is 10.2. The number of aliphatic carboxylic acids is 2. The summed E-state index contributed by atoms with van der Waals surface area (Å²) in [6.07, 6.45) is 6.12. The van der Waals surface area contributed by atoms with Gasteiger partial charge in [-0.2, -0.15) is 0 Å². The van der Waals surface area contributed by atoms with Crippen molar-refractivity contribution in [2.45, 2.75) is 44.3 Å². The number of carboxylic acids is 2. The van der Waals surface area contributed by atoms with Crippen LogP contribution in [-0.4, -0.2) is 79.4 Å². The molecule has 0 saturated carbocycles. The van der Waals surface area contributed by atoms with E-state index in [9.17, 15) is 14.4 Å². The minimum atomic E-state index is -2.27. The molecule has 0 spiro atoms. The van der Waals surface area contributed by atoms with E-state index in [0.29, 0.717) is 30.3 Å². The summed E-state index contributed by atoms with van der Waals surface area (Å²) in [4.78, 5) is 39.3. The predicted octanol–water partition coefficient (Wildman–Crippen LogP) is 2.08.